The Hall–Kier alpha value is -2.63. The molecule has 100 valence electrons. The summed E-state index contributed by atoms with van der Waals surface area (Å²) in [6.07, 6.45) is 3.22. The van der Waals surface area contributed by atoms with E-state index in [2.05, 4.69) is 5.32 Å². The Kier molecular flexibility index (Phi) is 5.28. The van der Waals surface area contributed by atoms with Crippen LogP contribution in [0.5, 0.6) is 0 Å². The molecule has 0 saturated heterocycles. The van der Waals surface area contributed by atoms with Crippen molar-refractivity contribution in [3.05, 3.63) is 41.5 Å². The van der Waals surface area contributed by atoms with Crippen LogP contribution in [0.3, 0.4) is 0 Å². The van der Waals surface area contributed by atoms with Gasteiger partial charge in [-0.1, -0.05) is 30.4 Å². The van der Waals surface area contributed by atoms with Crippen LogP contribution >= 0.6 is 0 Å². The van der Waals surface area contributed by atoms with E-state index >= 15 is 0 Å². The van der Waals surface area contributed by atoms with Gasteiger partial charge in [0.25, 0.3) is 5.91 Å². The van der Waals surface area contributed by atoms with Crippen LogP contribution in [0.25, 0.3) is 6.08 Å². The average molecular weight is 262 g/mol. The number of hydrogen-bond acceptors (Lipinski definition) is 3. The van der Waals surface area contributed by atoms with Crippen LogP contribution in [0.15, 0.2) is 30.3 Å². The second-order valence-corrected chi connectivity index (χ2v) is 3.74. The summed E-state index contributed by atoms with van der Waals surface area (Å²) in [7, 11) is 0. The molecule has 6 heteroatoms. The molecule has 1 aromatic carbocycles. The predicted octanol–water partition coefficient (Wildman–Crippen LogP) is 0.390. The van der Waals surface area contributed by atoms with Crippen molar-refractivity contribution in [2.24, 2.45) is 5.73 Å². The Morgan fingerprint density at radius 1 is 1.26 bits per heavy atom. The molecule has 1 rings (SSSR count). The van der Waals surface area contributed by atoms with Crippen LogP contribution < -0.4 is 11.1 Å². The summed E-state index contributed by atoms with van der Waals surface area (Å²) in [6.45, 7) is -0.446. The van der Waals surface area contributed by atoms with Crippen molar-refractivity contribution in [3.8, 4) is 0 Å². The highest BCUT2D eigenvalue weighted by Crippen LogP contribution is 2.11. The number of aliphatic carboxylic acids is 1. The zero-order valence-corrected chi connectivity index (χ0v) is 10.1. The molecule has 19 heavy (non-hydrogen) atoms. The lowest BCUT2D eigenvalue weighted by Crippen LogP contribution is -2.29. The van der Waals surface area contributed by atoms with Gasteiger partial charge in [0, 0.05) is 12.0 Å². The molecule has 2 amide bonds. The third kappa shape index (κ3) is 5.03. The van der Waals surface area contributed by atoms with Gasteiger partial charge in [0.2, 0.25) is 5.91 Å². The summed E-state index contributed by atoms with van der Waals surface area (Å²) in [5, 5.41) is 10.8. The fourth-order valence-electron chi connectivity index (χ4n) is 1.40. The number of carboxylic acids is 1. The first-order chi connectivity index (χ1) is 9.00. The van der Waals surface area contributed by atoms with Gasteiger partial charge in [0.1, 0.15) is 6.54 Å². The van der Waals surface area contributed by atoms with E-state index in [-0.39, 0.29) is 6.42 Å². The fraction of sp³-hybridized carbons (Fsp3) is 0.154. The summed E-state index contributed by atoms with van der Waals surface area (Å²) in [5.41, 5.74) is 5.93. The topological polar surface area (TPSA) is 109 Å². The number of nitrogens with two attached hydrogens (primary N) is 1. The second kappa shape index (κ2) is 6.95. The van der Waals surface area contributed by atoms with E-state index in [4.69, 9.17) is 10.8 Å². The molecule has 0 aliphatic heterocycles. The van der Waals surface area contributed by atoms with Crippen molar-refractivity contribution in [1.82, 2.24) is 5.32 Å². The third-order valence-electron chi connectivity index (χ3n) is 2.22. The fourth-order valence-corrected chi connectivity index (χ4v) is 1.40. The zero-order chi connectivity index (χ0) is 14.3. The number of carbonyl (C=O) groups excluding carboxylic acids is 2. The number of benzene rings is 1. The molecule has 0 atom stereocenters. The first-order valence-electron chi connectivity index (χ1n) is 5.54. The standard InChI is InChI=1S/C13H14N2O4/c14-11(16)7-3-5-9-4-1-2-6-10(9)13(19)15-8-12(17)18/h1-6H,7-8H2,(H2,14,16)(H,15,19)(H,17,18). The third-order valence-corrected chi connectivity index (χ3v) is 2.22. The number of nitrogens with one attached hydrogen (secondary N) is 1. The number of hydrogen-bond donors (Lipinski definition) is 3. The summed E-state index contributed by atoms with van der Waals surface area (Å²) < 4.78 is 0. The number of amides is 2. The smallest absolute Gasteiger partial charge is 0.322 e. The molecule has 0 aliphatic carbocycles. The Labute approximate surface area is 109 Å². The first-order valence-corrected chi connectivity index (χ1v) is 5.54. The molecule has 0 spiro atoms. The molecule has 0 bridgehead atoms. The minimum Gasteiger partial charge on any atom is -0.480 e. The van der Waals surface area contributed by atoms with Gasteiger partial charge in [-0.3, -0.25) is 14.4 Å². The van der Waals surface area contributed by atoms with E-state index < -0.39 is 24.3 Å². The summed E-state index contributed by atoms with van der Waals surface area (Å²) in [6, 6.07) is 6.66. The van der Waals surface area contributed by atoms with Crippen molar-refractivity contribution in [2.75, 3.05) is 6.54 Å². The predicted molar refractivity (Wildman–Crippen MR) is 69.3 cm³/mol. The van der Waals surface area contributed by atoms with E-state index in [1.807, 2.05) is 0 Å². The van der Waals surface area contributed by atoms with Crippen LogP contribution in [0.2, 0.25) is 0 Å². The minimum atomic E-state index is -1.12. The molecule has 0 unspecified atom stereocenters. The van der Waals surface area contributed by atoms with Crippen LogP contribution in [-0.2, 0) is 9.59 Å². The van der Waals surface area contributed by atoms with Gasteiger partial charge < -0.3 is 16.2 Å². The molecule has 4 N–H and O–H groups in total. The van der Waals surface area contributed by atoms with Crippen LogP contribution in [0, 0.1) is 0 Å². The van der Waals surface area contributed by atoms with Crippen molar-refractivity contribution >= 4 is 23.9 Å². The normalized spacial score (nSPS) is 10.3. The van der Waals surface area contributed by atoms with Crippen molar-refractivity contribution in [1.29, 1.82) is 0 Å². The number of carbonyl (C=O) groups is 3. The molecule has 0 fully saturated rings. The monoisotopic (exact) mass is 262 g/mol. The van der Waals surface area contributed by atoms with Crippen molar-refractivity contribution < 1.29 is 19.5 Å². The first kappa shape index (κ1) is 14.4. The molecule has 0 saturated carbocycles. The van der Waals surface area contributed by atoms with Gasteiger partial charge in [0.05, 0.1) is 0 Å². The van der Waals surface area contributed by atoms with Gasteiger partial charge in [-0.2, -0.15) is 0 Å². The second-order valence-electron chi connectivity index (χ2n) is 3.74. The maximum Gasteiger partial charge on any atom is 0.322 e. The Bertz CT molecular complexity index is 523. The average Bonchev–Trinajstić information content (AvgIpc) is 2.36. The largest absolute Gasteiger partial charge is 0.480 e. The van der Waals surface area contributed by atoms with E-state index in [1.165, 1.54) is 0 Å². The summed E-state index contributed by atoms with van der Waals surface area (Å²) in [5.74, 6) is -2.07. The highest BCUT2D eigenvalue weighted by Gasteiger charge is 2.09. The maximum absolute atomic E-state index is 11.8. The Morgan fingerprint density at radius 3 is 2.58 bits per heavy atom. The number of rotatable bonds is 6. The molecule has 6 nitrogen and oxygen atoms in total. The molecule has 0 aromatic heterocycles. The van der Waals surface area contributed by atoms with E-state index in [1.54, 1.807) is 36.4 Å². The van der Waals surface area contributed by atoms with E-state index in [9.17, 15) is 14.4 Å². The lowest BCUT2D eigenvalue weighted by atomic mass is 10.1. The SMILES string of the molecule is NC(=O)CC=Cc1ccccc1C(=O)NCC(=O)O. The Morgan fingerprint density at radius 2 is 1.95 bits per heavy atom. The van der Waals surface area contributed by atoms with Gasteiger partial charge in [0.15, 0.2) is 0 Å². The summed E-state index contributed by atoms with van der Waals surface area (Å²) >= 11 is 0. The van der Waals surface area contributed by atoms with Crippen molar-refractivity contribution in [3.63, 3.8) is 0 Å². The molecule has 1 aromatic rings. The summed E-state index contributed by atoms with van der Waals surface area (Å²) in [4.78, 5) is 32.8. The molecular weight excluding hydrogens is 248 g/mol. The molecule has 0 aliphatic rings. The van der Waals surface area contributed by atoms with Gasteiger partial charge in [-0.15, -0.1) is 0 Å². The van der Waals surface area contributed by atoms with E-state index in [0.29, 0.717) is 11.1 Å². The quantitative estimate of drug-likeness (QED) is 0.688. The zero-order valence-electron chi connectivity index (χ0n) is 10.1. The van der Waals surface area contributed by atoms with Crippen molar-refractivity contribution in [2.45, 2.75) is 6.42 Å². The highest BCUT2D eigenvalue weighted by molar-refractivity contribution is 5.99. The molecule has 0 radical (unpaired) electrons. The Balaban J connectivity index is 2.83. The number of primary amides is 1. The number of carboxylic acid groups (broad SMARTS) is 1. The molecule has 0 heterocycles. The van der Waals surface area contributed by atoms with Gasteiger partial charge >= 0.3 is 5.97 Å². The maximum atomic E-state index is 11.8. The van der Waals surface area contributed by atoms with Gasteiger partial charge in [-0.25, -0.2) is 0 Å². The van der Waals surface area contributed by atoms with E-state index in [0.717, 1.165) is 0 Å². The van der Waals surface area contributed by atoms with Crippen LogP contribution in [0.1, 0.15) is 22.3 Å². The van der Waals surface area contributed by atoms with Crippen LogP contribution in [0.4, 0.5) is 0 Å². The highest BCUT2D eigenvalue weighted by atomic mass is 16.4. The lowest BCUT2D eigenvalue weighted by molar-refractivity contribution is -0.135. The molecular formula is C13H14N2O4. The lowest BCUT2D eigenvalue weighted by Gasteiger charge is -2.05. The minimum absolute atomic E-state index is 0.0745. The van der Waals surface area contributed by atoms with Crippen LogP contribution in [-0.4, -0.2) is 29.4 Å². The van der Waals surface area contributed by atoms with Gasteiger partial charge in [-0.05, 0) is 11.6 Å².